The van der Waals surface area contributed by atoms with Gasteiger partial charge in [0, 0.05) is 17.8 Å². The van der Waals surface area contributed by atoms with Crippen molar-refractivity contribution in [2.45, 2.75) is 11.8 Å². The topological polar surface area (TPSA) is 49.4 Å². The molecule has 0 radical (unpaired) electrons. The average Bonchev–Trinajstić information content (AvgIpc) is 3.16. The van der Waals surface area contributed by atoms with Crippen LogP contribution in [0.4, 0.5) is 5.69 Å². The van der Waals surface area contributed by atoms with E-state index in [-0.39, 0.29) is 17.2 Å². The molecule has 1 atom stereocenters. The van der Waals surface area contributed by atoms with Gasteiger partial charge in [0.25, 0.3) is 5.91 Å². The lowest BCUT2D eigenvalue weighted by molar-refractivity contribution is -0.128. The Balaban J connectivity index is 1.43. The van der Waals surface area contributed by atoms with Crippen molar-refractivity contribution < 1.29 is 9.59 Å². The summed E-state index contributed by atoms with van der Waals surface area (Å²) in [4.78, 5) is 26.9. The van der Waals surface area contributed by atoms with E-state index in [1.54, 1.807) is 42.1 Å². The second kappa shape index (κ2) is 9.77. The first-order valence-electron chi connectivity index (χ1n) is 9.82. The van der Waals surface area contributed by atoms with Gasteiger partial charge < -0.3 is 10.2 Å². The molecule has 7 heteroatoms. The third-order valence-electron chi connectivity index (χ3n) is 5.09. The summed E-state index contributed by atoms with van der Waals surface area (Å²) in [6, 6.07) is 22.5. The Kier molecular flexibility index (Phi) is 6.86. The Bertz CT molecular complexity index is 1090. The number of rotatable bonds is 6. The maximum Gasteiger partial charge on any atom is 0.255 e. The van der Waals surface area contributed by atoms with E-state index in [4.69, 9.17) is 23.2 Å². The molecule has 1 heterocycles. The minimum Gasteiger partial charge on any atom is -0.326 e. The molecule has 4 nitrogen and oxygen atoms in total. The number of carbonyl (C=O) groups is 2. The Morgan fingerprint density at radius 3 is 2.45 bits per heavy atom. The van der Waals surface area contributed by atoms with Gasteiger partial charge >= 0.3 is 0 Å². The quantitative estimate of drug-likeness (QED) is 0.475. The van der Waals surface area contributed by atoms with Gasteiger partial charge in [-0.2, -0.15) is 0 Å². The molecule has 1 N–H and O–H groups in total. The molecule has 1 saturated heterocycles. The molecule has 0 aromatic heterocycles. The summed E-state index contributed by atoms with van der Waals surface area (Å²) < 4.78 is 0. The lowest BCUT2D eigenvalue weighted by Gasteiger charge is -2.24. The molecule has 0 saturated carbocycles. The van der Waals surface area contributed by atoms with Gasteiger partial charge in [0.05, 0.1) is 15.8 Å². The fourth-order valence-corrected chi connectivity index (χ4v) is 4.96. The summed E-state index contributed by atoms with van der Waals surface area (Å²) in [6.07, 6.45) is 0.813. The van der Waals surface area contributed by atoms with Crippen LogP contribution >= 0.6 is 35.0 Å². The molecule has 0 aliphatic carbocycles. The molecule has 3 aromatic rings. The molecule has 0 unspecified atom stereocenters. The van der Waals surface area contributed by atoms with E-state index >= 15 is 0 Å². The maximum atomic E-state index is 12.6. The molecule has 0 bridgehead atoms. The monoisotopic (exact) mass is 470 g/mol. The molecule has 158 valence electrons. The molecule has 31 heavy (non-hydrogen) atoms. The van der Waals surface area contributed by atoms with E-state index in [2.05, 4.69) is 17.4 Å². The summed E-state index contributed by atoms with van der Waals surface area (Å²) in [5.74, 6) is 0.382. The van der Waals surface area contributed by atoms with Gasteiger partial charge in [0.1, 0.15) is 5.37 Å². The predicted molar refractivity (Wildman–Crippen MR) is 128 cm³/mol. The molecule has 4 rings (SSSR count). The molecule has 1 aliphatic rings. The van der Waals surface area contributed by atoms with Gasteiger partial charge in [-0.25, -0.2) is 0 Å². The number of thioether (sulfide) groups is 1. The van der Waals surface area contributed by atoms with Crippen molar-refractivity contribution >= 4 is 52.5 Å². The van der Waals surface area contributed by atoms with Gasteiger partial charge in [-0.15, -0.1) is 11.8 Å². The van der Waals surface area contributed by atoms with Gasteiger partial charge in [-0.3, -0.25) is 9.59 Å². The Labute approximate surface area is 195 Å². The fourth-order valence-electron chi connectivity index (χ4n) is 3.44. The summed E-state index contributed by atoms with van der Waals surface area (Å²) in [5, 5.41) is 3.60. The summed E-state index contributed by atoms with van der Waals surface area (Å²) in [5.41, 5.74) is 3.32. The lowest BCUT2D eigenvalue weighted by atomic mass is 10.1. The molecule has 1 fully saturated rings. The number of nitrogens with one attached hydrogen (secondary N) is 1. The van der Waals surface area contributed by atoms with Crippen LogP contribution in [0.1, 0.15) is 26.9 Å². The van der Waals surface area contributed by atoms with Crippen molar-refractivity contribution in [3.63, 3.8) is 0 Å². The van der Waals surface area contributed by atoms with E-state index < -0.39 is 0 Å². The number of benzene rings is 3. The first kappa shape index (κ1) is 21.8. The number of carbonyl (C=O) groups excluding carboxylic acids is 2. The highest BCUT2D eigenvalue weighted by molar-refractivity contribution is 8.00. The standard InChI is InChI=1S/C24H20Cl2N2O2S/c25-20-11-10-19(14-21(20)26)27-23(30)17-6-8-18(9-7-17)24-28(22(29)15-31-24)13-12-16-4-2-1-3-5-16/h1-11,14,24H,12-13,15H2,(H,27,30)/t24-/m0/s1. The van der Waals surface area contributed by atoms with Gasteiger partial charge in [0.2, 0.25) is 5.91 Å². The van der Waals surface area contributed by atoms with Crippen molar-refractivity contribution in [1.82, 2.24) is 4.90 Å². The summed E-state index contributed by atoms with van der Waals surface area (Å²) >= 11 is 13.5. The van der Waals surface area contributed by atoms with Gasteiger partial charge in [0.15, 0.2) is 0 Å². The SMILES string of the molecule is O=C(Nc1ccc(Cl)c(Cl)c1)c1ccc([C@@H]2SCC(=O)N2CCc2ccccc2)cc1. The average molecular weight is 471 g/mol. The van der Waals surface area contributed by atoms with Crippen molar-refractivity contribution in [2.75, 3.05) is 17.6 Å². The largest absolute Gasteiger partial charge is 0.326 e. The first-order chi connectivity index (χ1) is 15.0. The van der Waals surface area contributed by atoms with E-state index in [1.807, 2.05) is 35.2 Å². The zero-order chi connectivity index (χ0) is 21.8. The van der Waals surface area contributed by atoms with Crippen LogP contribution in [0, 0.1) is 0 Å². The highest BCUT2D eigenvalue weighted by Gasteiger charge is 2.32. The second-order valence-corrected chi connectivity index (χ2v) is 9.07. The summed E-state index contributed by atoms with van der Waals surface area (Å²) in [6.45, 7) is 0.667. The van der Waals surface area contributed by atoms with Crippen molar-refractivity contribution in [1.29, 1.82) is 0 Å². The van der Waals surface area contributed by atoms with Crippen molar-refractivity contribution in [3.8, 4) is 0 Å². The molecule has 0 spiro atoms. The molecular weight excluding hydrogens is 451 g/mol. The molecule has 1 aliphatic heterocycles. The third-order valence-corrected chi connectivity index (χ3v) is 7.08. The Morgan fingerprint density at radius 2 is 1.74 bits per heavy atom. The van der Waals surface area contributed by atoms with Crippen LogP contribution < -0.4 is 5.32 Å². The van der Waals surface area contributed by atoms with Crippen molar-refractivity contribution in [2.24, 2.45) is 0 Å². The van der Waals surface area contributed by atoms with Crippen LogP contribution in [0.3, 0.4) is 0 Å². The highest BCUT2D eigenvalue weighted by Crippen LogP contribution is 2.38. The predicted octanol–water partition coefficient (Wildman–Crippen LogP) is 6.06. The van der Waals surface area contributed by atoms with Crippen LogP contribution in [-0.4, -0.2) is 29.0 Å². The fraction of sp³-hybridized carbons (Fsp3) is 0.167. The number of hydrogen-bond donors (Lipinski definition) is 1. The molecule has 3 aromatic carbocycles. The number of hydrogen-bond acceptors (Lipinski definition) is 3. The first-order valence-corrected chi connectivity index (χ1v) is 11.6. The normalized spacial score (nSPS) is 15.9. The summed E-state index contributed by atoms with van der Waals surface area (Å²) in [7, 11) is 0. The van der Waals surface area contributed by atoms with Crippen LogP contribution in [-0.2, 0) is 11.2 Å². The highest BCUT2D eigenvalue weighted by atomic mass is 35.5. The van der Waals surface area contributed by atoms with Crippen LogP contribution in [0.15, 0.2) is 72.8 Å². The van der Waals surface area contributed by atoms with Crippen LogP contribution in [0.5, 0.6) is 0 Å². The third kappa shape index (κ3) is 5.24. The number of halogens is 2. The minimum atomic E-state index is -0.235. The number of nitrogens with zero attached hydrogens (tertiary/aromatic N) is 1. The van der Waals surface area contributed by atoms with E-state index in [0.29, 0.717) is 33.6 Å². The van der Waals surface area contributed by atoms with Crippen molar-refractivity contribution in [3.05, 3.63) is 99.5 Å². The smallest absolute Gasteiger partial charge is 0.255 e. The zero-order valence-corrected chi connectivity index (χ0v) is 18.9. The Morgan fingerprint density at radius 1 is 1.00 bits per heavy atom. The lowest BCUT2D eigenvalue weighted by Crippen LogP contribution is -2.30. The van der Waals surface area contributed by atoms with Crippen LogP contribution in [0.2, 0.25) is 10.0 Å². The number of anilines is 1. The number of amides is 2. The molecular formula is C24H20Cl2N2O2S. The second-order valence-electron chi connectivity index (χ2n) is 7.19. The Hall–Kier alpha value is -2.47. The van der Waals surface area contributed by atoms with E-state index in [0.717, 1.165) is 12.0 Å². The van der Waals surface area contributed by atoms with Gasteiger partial charge in [-0.05, 0) is 47.9 Å². The minimum absolute atomic E-state index is 0.0385. The zero-order valence-electron chi connectivity index (χ0n) is 16.6. The van der Waals surface area contributed by atoms with E-state index in [1.165, 1.54) is 5.56 Å². The van der Waals surface area contributed by atoms with Crippen LogP contribution in [0.25, 0.3) is 0 Å². The molecule has 2 amide bonds. The van der Waals surface area contributed by atoms with E-state index in [9.17, 15) is 9.59 Å². The maximum absolute atomic E-state index is 12.6. The van der Waals surface area contributed by atoms with Gasteiger partial charge in [-0.1, -0.05) is 65.7 Å².